The van der Waals surface area contributed by atoms with E-state index in [0.29, 0.717) is 6.54 Å². The molecule has 3 atom stereocenters. The first-order valence-corrected chi connectivity index (χ1v) is 9.62. The highest BCUT2D eigenvalue weighted by molar-refractivity contribution is 5.95. The molecule has 0 saturated carbocycles. The van der Waals surface area contributed by atoms with E-state index in [-0.39, 0.29) is 41.2 Å². The van der Waals surface area contributed by atoms with Gasteiger partial charge in [0.1, 0.15) is 6.04 Å². The van der Waals surface area contributed by atoms with E-state index in [2.05, 4.69) is 43.2 Å². The van der Waals surface area contributed by atoms with E-state index in [1.165, 1.54) is 6.26 Å². The van der Waals surface area contributed by atoms with Crippen molar-refractivity contribution in [2.75, 3.05) is 19.6 Å². The molecule has 152 valence electrons. The SMILES string of the molecule is CC1CN(C(C)(C)CNC(=O)C(NC(=O)c2ccco2)C(C)C)CC(C)O1. The lowest BCUT2D eigenvalue weighted by atomic mass is 9.98. The van der Waals surface area contributed by atoms with Gasteiger partial charge in [-0.3, -0.25) is 14.5 Å². The zero-order valence-electron chi connectivity index (χ0n) is 17.2. The molecular weight excluding hydrogens is 346 g/mol. The first-order chi connectivity index (χ1) is 12.6. The lowest BCUT2D eigenvalue weighted by Gasteiger charge is -2.45. The van der Waals surface area contributed by atoms with Gasteiger partial charge in [-0.25, -0.2) is 0 Å². The fourth-order valence-corrected chi connectivity index (χ4v) is 3.35. The predicted molar refractivity (Wildman–Crippen MR) is 103 cm³/mol. The Hall–Kier alpha value is -1.86. The number of ether oxygens (including phenoxy) is 1. The fraction of sp³-hybridized carbons (Fsp3) is 0.700. The number of furan rings is 1. The Balaban J connectivity index is 1.95. The molecule has 27 heavy (non-hydrogen) atoms. The Bertz CT molecular complexity index is 617. The molecule has 7 nitrogen and oxygen atoms in total. The van der Waals surface area contributed by atoms with Gasteiger partial charge in [0.25, 0.3) is 5.91 Å². The number of nitrogens with zero attached hydrogens (tertiary/aromatic N) is 1. The van der Waals surface area contributed by atoms with Gasteiger partial charge in [-0.05, 0) is 45.7 Å². The summed E-state index contributed by atoms with van der Waals surface area (Å²) < 4.78 is 10.9. The summed E-state index contributed by atoms with van der Waals surface area (Å²) in [7, 11) is 0. The van der Waals surface area contributed by atoms with Crippen LogP contribution in [0.5, 0.6) is 0 Å². The van der Waals surface area contributed by atoms with Gasteiger partial charge in [0.15, 0.2) is 5.76 Å². The van der Waals surface area contributed by atoms with Crippen LogP contribution in [-0.4, -0.2) is 60.1 Å². The highest BCUT2D eigenvalue weighted by Gasteiger charge is 2.34. The molecule has 1 saturated heterocycles. The minimum absolute atomic E-state index is 0.0459. The molecule has 2 N–H and O–H groups in total. The van der Waals surface area contributed by atoms with Crippen LogP contribution >= 0.6 is 0 Å². The van der Waals surface area contributed by atoms with Crippen LogP contribution < -0.4 is 10.6 Å². The third-order valence-corrected chi connectivity index (χ3v) is 4.95. The number of carbonyl (C=O) groups excluding carboxylic acids is 2. The van der Waals surface area contributed by atoms with E-state index in [4.69, 9.17) is 9.15 Å². The maximum absolute atomic E-state index is 12.7. The number of hydrogen-bond donors (Lipinski definition) is 2. The molecule has 0 radical (unpaired) electrons. The molecule has 1 aliphatic rings. The third kappa shape index (κ3) is 5.81. The van der Waals surface area contributed by atoms with Crippen LogP contribution in [-0.2, 0) is 9.53 Å². The van der Waals surface area contributed by atoms with Crippen LogP contribution in [0.15, 0.2) is 22.8 Å². The smallest absolute Gasteiger partial charge is 0.287 e. The van der Waals surface area contributed by atoms with Gasteiger partial charge in [0, 0.05) is 25.2 Å². The summed E-state index contributed by atoms with van der Waals surface area (Å²) in [5.74, 6) is -0.420. The van der Waals surface area contributed by atoms with Gasteiger partial charge in [-0.1, -0.05) is 13.8 Å². The van der Waals surface area contributed by atoms with Crippen LogP contribution in [0.4, 0.5) is 0 Å². The summed E-state index contributed by atoms with van der Waals surface area (Å²) in [5.41, 5.74) is -0.214. The highest BCUT2D eigenvalue weighted by Crippen LogP contribution is 2.20. The zero-order valence-corrected chi connectivity index (χ0v) is 17.2. The monoisotopic (exact) mass is 379 g/mol. The van der Waals surface area contributed by atoms with Gasteiger partial charge in [0.05, 0.1) is 18.5 Å². The van der Waals surface area contributed by atoms with Gasteiger partial charge >= 0.3 is 0 Å². The van der Waals surface area contributed by atoms with Crippen LogP contribution in [0.1, 0.15) is 52.1 Å². The summed E-state index contributed by atoms with van der Waals surface area (Å²) >= 11 is 0. The molecule has 0 aliphatic carbocycles. The van der Waals surface area contributed by atoms with Crippen LogP contribution in [0.25, 0.3) is 0 Å². The fourth-order valence-electron chi connectivity index (χ4n) is 3.35. The number of rotatable bonds is 7. The second kappa shape index (κ2) is 8.89. The molecule has 2 amide bonds. The van der Waals surface area contributed by atoms with Crippen molar-refractivity contribution in [2.45, 2.75) is 65.3 Å². The van der Waals surface area contributed by atoms with Crippen molar-refractivity contribution in [3.8, 4) is 0 Å². The molecule has 0 spiro atoms. The summed E-state index contributed by atoms with van der Waals surface area (Å²) in [4.78, 5) is 27.3. The largest absolute Gasteiger partial charge is 0.459 e. The second-order valence-electron chi connectivity index (χ2n) is 8.36. The van der Waals surface area contributed by atoms with Crippen molar-refractivity contribution in [2.24, 2.45) is 5.92 Å². The summed E-state index contributed by atoms with van der Waals surface area (Å²) in [6, 6.07) is 2.60. The Labute approximate surface area is 161 Å². The Morgan fingerprint density at radius 3 is 2.41 bits per heavy atom. The molecule has 7 heteroatoms. The number of nitrogens with one attached hydrogen (secondary N) is 2. The summed E-state index contributed by atoms with van der Waals surface area (Å²) in [6.07, 6.45) is 1.77. The average Bonchev–Trinajstić information content (AvgIpc) is 3.11. The topological polar surface area (TPSA) is 83.8 Å². The summed E-state index contributed by atoms with van der Waals surface area (Å²) in [5, 5.41) is 5.79. The number of hydrogen-bond acceptors (Lipinski definition) is 5. The second-order valence-corrected chi connectivity index (χ2v) is 8.36. The van der Waals surface area contributed by atoms with Crippen LogP contribution in [0, 0.1) is 5.92 Å². The Morgan fingerprint density at radius 2 is 1.89 bits per heavy atom. The molecule has 0 bridgehead atoms. The first kappa shape index (κ1) is 21.4. The molecule has 2 rings (SSSR count). The summed E-state index contributed by atoms with van der Waals surface area (Å²) in [6.45, 7) is 14.3. The normalized spacial score (nSPS) is 22.5. The Morgan fingerprint density at radius 1 is 1.26 bits per heavy atom. The minimum atomic E-state index is -0.624. The van der Waals surface area contributed by atoms with E-state index in [1.807, 2.05) is 13.8 Å². The lowest BCUT2D eigenvalue weighted by molar-refractivity contribution is -0.125. The van der Waals surface area contributed by atoms with Gasteiger partial charge in [-0.15, -0.1) is 0 Å². The quantitative estimate of drug-likeness (QED) is 0.757. The van der Waals surface area contributed by atoms with Crippen molar-refractivity contribution in [1.82, 2.24) is 15.5 Å². The zero-order chi connectivity index (χ0) is 20.2. The van der Waals surface area contributed by atoms with E-state index >= 15 is 0 Å². The first-order valence-electron chi connectivity index (χ1n) is 9.62. The van der Waals surface area contributed by atoms with E-state index in [0.717, 1.165) is 13.1 Å². The number of carbonyl (C=O) groups is 2. The molecule has 0 aromatic carbocycles. The lowest BCUT2D eigenvalue weighted by Crippen LogP contribution is -2.60. The Kier molecular flexibility index (Phi) is 7.06. The van der Waals surface area contributed by atoms with Crippen LogP contribution in [0.3, 0.4) is 0 Å². The molecule has 1 fully saturated rings. The van der Waals surface area contributed by atoms with Crippen molar-refractivity contribution in [3.63, 3.8) is 0 Å². The van der Waals surface area contributed by atoms with Crippen molar-refractivity contribution in [3.05, 3.63) is 24.2 Å². The molecule has 2 heterocycles. The third-order valence-electron chi connectivity index (χ3n) is 4.95. The molecular formula is C20H33N3O4. The van der Waals surface area contributed by atoms with Crippen molar-refractivity contribution >= 4 is 11.8 Å². The predicted octanol–water partition coefficient (Wildman–Crippen LogP) is 2.04. The van der Waals surface area contributed by atoms with E-state index < -0.39 is 6.04 Å². The van der Waals surface area contributed by atoms with Crippen molar-refractivity contribution < 1.29 is 18.7 Å². The van der Waals surface area contributed by atoms with Gasteiger partial charge < -0.3 is 19.8 Å². The number of amides is 2. The molecule has 1 aromatic rings. The van der Waals surface area contributed by atoms with E-state index in [1.54, 1.807) is 12.1 Å². The number of morpholine rings is 1. The van der Waals surface area contributed by atoms with E-state index in [9.17, 15) is 9.59 Å². The molecule has 1 aromatic heterocycles. The molecule has 3 unspecified atom stereocenters. The highest BCUT2D eigenvalue weighted by atomic mass is 16.5. The maximum Gasteiger partial charge on any atom is 0.287 e. The maximum atomic E-state index is 12.7. The average molecular weight is 380 g/mol. The minimum Gasteiger partial charge on any atom is -0.459 e. The van der Waals surface area contributed by atoms with Crippen LogP contribution in [0.2, 0.25) is 0 Å². The standard InChI is InChI=1S/C20H33N3O4/c1-13(2)17(22-18(24)16-8-7-9-26-16)19(25)21-12-20(5,6)23-10-14(3)27-15(4)11-23/h7-9,13-15,17H,10-12H2,1-6H3,(H,21,25)(H,22,24). The molecule has 1 aliphatic heterocycles. The van der Waals surface area contributed by atoms with Gasteiger partial charge in [0.2, 0.25) is 5.91 Å². The van der Waals surface area contributed by atoms with Crippen molar-refractivity contribution in [1.29, 1.82) is 0 Å². The van der Waals surface area contributed by atoms with Gasteiger partial charge in [-0.2, -0.15) is 0 Å².